The van der Waals surface area contributed by atoms with Gasteiger partial charge in [0.1, 0.15) is 11.0 Å². The number of rotatable bonds is 3. The van der Waals surface area contributed by atoms with Crippen molar-refractivity contribution in [1.29, 1.82) is 0 Å². The van der Waals surface area contributed by atoms with Crippen molar-refractivity contribution < 1.29 is 4.39 Å². The fourth-order valence-corrected chi connectivity index (χ4v) is 2.54. The molecule has 3 rings (SSSR count). The highest BCUT2D eigenvalue weighted by Crippen LogP contribution is 2.28. The number of hydrogen-bond donors (Lipinski definition) is 1. The van der Waals surface area contributed by atoms with E-state index in [9.17, 15) is 4.39 Å². The average molecular weight is 306 g/mol. The Bertz CT molecular complexity index is 727. The van der Waals surface area contributed by atoms with E-state index < -0.39 is 0 Å². The monoisotopic (exact) mass is 305 g/mol. The van der Waals surface area contributed by atoms with Crippen molar-refractivity contribution in [3.8, 4) is 11.3 Å². The first kappa shape index (κ1) is 13.0. The first-order valence-electron chi connectivity index (χ1n) is 5.81. The lowest BCUT2D eigenvalue weighted by molar-refractivity contribution is 0.631. The highest BCUT2D eigenvalue weighted by atomic mass is 35.5. The van der Waals surface area contributed by atoms with Gasteiger partial charge in [-0.3, -0.25) is 0 Å². The third-order valence-corrected chi connectivity index (χ3v) is 3.61. The molecule has 0 amide bonds. The maximum Gasteiger partial charge on any atom is 0.187 e. The molecule has 0 saturated carbocycles. The Labute approximate surface area is 124 Å². The van der Waals surface area contributed by atoms with Gasteiger partial charge in [0.2, 0.25) is 0 Å². The molecule has 3 nitrogen and oxygen atoms in total. The molecule has 6 heteroatoms. The molecular weight excluding hydrogens is 297 g/mol. The van der Waals surface area contributed by atoms with E-state index in [0.717, 1.165) is 5.69 Å². The van der Waals surface area contributed by atoms with E-state index in [2.05, 4.69) is 15.3 Å². The van der Waals surface area contributed by atoms with Crippen LogP contribution in [-0.2, 0) is 0 Å². The number of thiazole rings is 1. The van der Waals surface area contributed by atoms with Crippen LogP contribution >= 0.6 is 22.9 Å². The topological polar surface area (TPSA) is 37.8 Å². The molecule has 2 heterocycles. The number of benzene rings is 1. The van der Waals surface area contributed by atoms with E-state index in [1.165, 1.54) is 17.4 Å². The van der Waals surface area contributed by atoms with Crippen molar-refractivity contribution in [2.75, 3.05) is 5.32 Å². The third-order valence-electron chi connectivity index (χ3n) is 2.63. The summed E-state index contributed by atoms with van der Waals surface area (Å²) in [7, 11) is 0. The van der Waals surface area contributed by atoms with Crippen LogP contribution in [0.4, 0.5) is 15.2 Å². The second kappa shape index (κ2) is 5.56. The lowest BCUT2D eigenvalue weighted by Crippen LogP contribution is -1.91. The minimum atomic E-state index is -0.280. The minimum Gasteiger partial charge on any atom is -0.330 e. The molecule has 0 aliphatic carbocycles. The maximum atomic E-state index is 13.7. The quantitative estimate of drug-likeness (QED) is 0.710. The molecule has 0 aliphatic rings. The molecular formula is C14H9ClFN3S. The fraction of sp³-hybridized carbons (Fsp3) is 0. The average Bonchev–Trinajstić information content (AvgIpc) is 2.90. The number of halogens is 2. The Balaban J connectivity index is 1.84. The lowest BCUT2D eigenvalue weighted by Gasteiger charge is -2.01. The molecule has 100 valence electrons. The van der Waals surface area contributed by atoms with Crippen LogP contribution in [0, 0.1) is 5.82 Å². The molecule has 0 aliphatic heterocycles. The molecule has 0 radical (unpaired) electrons. The maximum absolute atomic E-state index is 13.7. The van der Waals surface area contributed by atoms with Gasteiger partial charge in [-0.25, -0.2) is 14.4 Å². The smallest absolute Gasteiger partial charge is 0.187 e. The van der Waals surface area contributed by atoms with Crippen molar-refractivity contribution in [3.63, 3.8) is 0 Å². The second-order valence-corrected chi connectivity index (χ2v) is 5.26. The van der Waals surface area contributed by atoms with Crippen LogP contribution in [0.1, 0.15) is 0 Å². The molecule has 20 heavy (non-hydrogen) atoms. The Hall–Kier alpha value is -1.98. The fourth-order valence-electron chi connectivity index (χ4n) is 1.70. The van der Waals surface area contributed by atoms with Gasteiger partial charge in [-0.15, -0.1) is 11.3 Å². The summed E-state index contributed by atoms with van der Waals surface area (Å²) in [6.07, 6.45) is 1.62. The highest BCUT2D eigenvalue weighted by Gasteiger charge is 2.08. The Kier molecular flexibility index (Phi) is 3.62. The van der Waals surface area contributed by atoms with Gasteiger partial charge in [0.05, 0.1) is 17.6 Å². The predicted molar refractivity (Wildman–Crippen MR) is 80.0 cm³/mol. The molecule has 2 aromatic heterocycles. The standard InChI is InChI=1S/C14H9ClFN3S/c15-13-6-5-9(7-17-13)18-14-19-12(8-20-14)10-3-1-2-4-11(10)16/h1-8H,(H,18,19). The molecule has 0 atom stereocenters. The third kappa shape index (κ3) is 2.79. The van der Waals surface area contributed by atoms with Crippen molar-refractivity contribution >= 4 is 33.8 Å². The van der Waals surface area contributed by atoms with Gasteiger partial charge < -0.3 is 5.32 Å². The van der Waals surface area contributed by atoms with Gasteiger partial charge in [-0.2, -0.15) is 0 Å². The zero-order valence-electron chi connectivity index (χ0n) is 10.2. The first-order chi connectivity index (χ1) is 9.72. The van der Waals surface area contributed by atoms with Gasteiger partial charge in [0.15, 0.2) is 5.13 Å². The number of aromatic nitrogens is 2. The van der Waals surface area contributed by atoms with E-state index >= 15 is 0 Å². The van der Waals surface area contributed by atoms with Crippen molar-refractivity contribution in [3.05, 3.63) is 58.9 Å². The molecule has 0 bridgehead atoms. The van der Waals surface area contributed by atoms with Crippen LogP contribution in [0.5, 0.6) is 0 Å². The van der Waals surface area contributed by atoms with Gasteiger partial charge in [-0.05, 0) is 24.3 Å². The van der Waals surface area contributed by atoms with Crippen LogP contribution in [0.3, 0.4) is 0 Å². The summed E-state index contributed by atoms with van der Waals surface area (Å²) < 4.78 is 13.7. The summed E-state index contributed by atoms with van der Waals surface area (Å²) in [6, 6.07) is 10.1. The van der Waals surface area contributed by atoms with Crippen LogP contribution in [-0.4, -0.2) is 9.97 Å². The zero-order valence-corrected chi connectivity index (χ0v) is 11.7. The van der Waals surface area contributed by atoms with Crippen LogP contribution in [0.15, 0.2) is 48.0 Å². The van der Waals surface area contributed by atoms with Crippen molar-refractivity contribution in [2.45, 2.75) is 0 Å². The van der Waals surface area contributed by atoms with E-state index in [0.29, 0.717) is 21.5 Å². The van der Waals surface area contributed by atoms with Gasteiger partial charge in [-0.1, -0.05) is 23.7 Å². The van der Waals surface area contributed by atoms with E-state index in [4.69, 9.17) is 11.6 Å². The molecule has 3 aromatic rings. The van der Waals surface area contributed by atoms with Crippen LogP contribution in [0.2, 0.25) is 5.15 Å². The number of nitrogens with one attached hydrogen (secondary N) is 1. The molecule has 0 fully saturated rings. The molecule has 0 saturated heterocycles. The highest BCUT2D eigenvalue weighted by molar-refractivity contribution is 7.14. The summed E-state index contributed by atoms with van der Waals surface area (Å²) >= 11 is 7.13. The van der Waals surface area contributed by atoms with Gasteiger partial charge in [0.25, 0.3) is 0 Å². The summed E-state index contributed by atoms with van der Waals surface area (Å²) in [5.74, 6) is -0.280. The summed E-state index contributed by atoms with van der Waals surface area (Å²) in [6.45, 7) is 0. The van der Waals surface area contributed by atoms with E-state index in [1.807, 2.05) is 5.38 Å². The second-order valence-electron chi connectivity index (χ2n) is 4.01. The number of pyridine rings is 1. The molecule has 0 unspecified atom stereocenters. The Morgan fingerprint density at radius 2 is 2.00 bits per heavy atom. The number of hydrogen-bond acceptors (Lipinski definition) is 4. The number of nitrogens with zero attached hydrogens (tertiary/aromatic N) is 2. The molecule has 0 spiro atoms. The SMILES string of the molecule is Fc1ccccc1-c1csc(Nc2ccc(Cl)nc2)n1. The predicted octanol–water partition coefficient (Wildman–Crippen LogP) is 4.74. The first-order valence-corrected chi connectivity index (χ1v) is 7.07. The van der Waals surface area contributed by atoms with Crippen molar-refractivity contribution in [1.82, 2.24) is 9.97 Å². The van der Waals surface area contributed by atoms with Crippen LogP contribution in [0.25, 0.3) is 11.3 Å². The normalized spacial score (nSPS) is 10.5. The summed E-state index contributed by atoms with van der Waals surface area (Å²) in [5, 5.41) is 6.02. The van der Waals surface area contributed by atoms with E-state index in [1.54, 1.807) is 36.5 Å². The van der Waals surface area contributed by atoms with Gasteiger partial charge in [0, 0.05) is 10.9 Å². The summed E-state index contributed by atoms with van der Waals surface area (Å²) in [4.78, 5) is 8.34. The minimum absolute atomic E-state index is 0.280. The number of anilines is 2. The largest absolute Gasteiger partial charge is 0.330 e. The van der Waals surface area contributed by atoms with E-state index in [-0.39, 0.29) is 5.82 Å². The van der Waals surface area contributed by atoms with Crippen LogP contribution < -0.4 is 5.32 Å². The van der Waals surface area contributed by atoms with Gasteiger partial charge >= 0.3 is 0 Å². The van der Waals surface area contributed by atoms with Crippen molar-refractivity contribution in [2.24, 2.45) is 0 Å². The lowest BCUT2D eigenvalue weighted by atomic mass is 10.2. The zero-order chi connectivity index (χ0) is 13.9. The Morgan fingerprint density at radius 1 is 1.15 bits per heavy atom. The Morgan fingerprint density at radius 3 is 2.75 bits per heavy atom. The molecule has 1 aromatic carbocycles. The molecule has 1 N–H and O–H groups in total. The summed E-state index contributed by atoms with van der Waals surface area (Å²) in [5.41, 5.74) is 1.88.